The van der Waals surface area contributed by atoms with Crippen LogP contribution < -0.4 is 10.6 Å². The van der Waals surface area contributed by atoms with Crippen LogP contribution in [0.3, 0.4) is 0 Å². The maximum absolute atomic E-state index is 14.1. The maximum atomic E-state index is 14.1. The summed E-state index contributed by atoms with van der Waals surface area (Å²) in [5.74, 6) is 0.232. The van der Waals surface area contributed by atoms with Crippen molar-refractivity contribution in [3.63, 3.8) is 0 Å². The van der Waals surface area contributed by atoms with E-state index in [0.29, 0.717) is 12.2 Å². The Hall–Kier alpha value is -2.22. The van der Waals surface area contributed by atoms with E-state index in [4.69, 9.17) is 4.74 Å². The Balaban J connectivity index is 2.45. The highest BCUT2D eigenvalue weighted by molar-refractivity contribution is 7.98. The molecule has 37 heavy (non-hydrogen) atoms. The fourth-order valence-corrected chi connectivity index (χ4v) is 5.17. The molecule has 2 atom stereocenters. The number of benzene rings is 1. The average Bonchev–Trinajstić information content (AvgIpc) is 2.80. The van der Waals surface area contributed by atoms with Gasteiger partial charge in [-0.15, -0.1) is 0 Å². The van der Waals surface area contributed by atoms with Gasteiger partial charge in [-0.05, 0) is 96.4 Å². The lowest BCUT2D eigenvalue weighted by Gasteiger charge is -2.38. The van der Waals surface area contributed by atoms with Crippen LogP contribution in [0.2, 0.25) is 0 Å². The number of hydrogen-bond donors (Lipinski definition) is 2. The minimum absolute atomic E-state index is 0.117. The van der Waals surface area contributed by atoms with Crippen LogP contribution in [0.25, 0.3) is 0 Å². The van der Waals surface area contributed by atoms with Gasteiger partial charge in [-0.1, -0.05) is 37.5 Å². The minimum Gasteiger partial charge on any atom is -0.444 e. The van der Waals surface area contributed by atoms with Crippen molar-refractivity contribution in [1.29, 1.82) is 0 Å². The number of alkyl carbamates (subject to hydrolysis) is 1. The van der Waals surface area contributed by atoms with Crippen molar-refractivity contribution in [2.24, 2.45) is 0 Å². The fraction of sp³-hybridized carbons (Fsp3) is 0.690. The van der Waals surface area contributed by atoms with Gasteiger partial charge in [-0.2, -0.15) is 11.8 Å². The van der Waals surface area contributed by atoms with Gasteiger partial charge in [0, 0.05) is 12.1 Å². The second-order valence-electron chi connectivity index (χ2n) is 11.4. The van der Waals surface area contributed by atoms with E-state index < -0.39 is 23.8 Å². The molecule has 208 valence electrons. The summed E-state index contributed by atoms with van der Waals surface area (Å²) in [5, 5.41) is 6.04. The number of thioether (sulfide) groups is 1. The summed E-state index contributed by atoms with van der Waals surface area (Å²) in [6.45, 7) is 13.2. The van der Waals surface area contributed by atoms with Crippen molar-refractivity contribution in [3.05, 3.63) is 34.9 Å². The first-order valence-electron chi connectivity index (χ1n) is 13.5. The Kier molecular flexibility index (Phi) is 11.8. The zero-order valence-corrected chi connectivity index (χ0v) is 24.8. The summed E-state index contributed by atoms with van der Waals surface area (Å²) in [6, 6.07) is 4.18. The van der Waals surface area contributed by atoms with E-state index in [9.17, 15) is 14.4 Å². The highest BCUT2D eigenvalue weighted by atomic mass is 32.2. The summed E-state index contributed by atoms with van der Waals surface area (Å²) in [7, 11) is 0. The van der Waals surface area contributed by atoms with E-state index >= 15 is 0 Å². The van der Waals surface area contributed by atoms with Crippen LogP contribution in [0.15, 0.2) is 18.2 Å². The summed E-state index contributed by atoms with van der Waals surface area (Å²) >= 11 is 1.60. The topological polar surface area (TPSA) is 87.7 Å². The molecule has 2 N–H and O–H groups in total. The number of nitrogens with one attached hydrogen (secondary N) is 2. The highest BCUT2D eigenvalue weighted by Crippen LogP contribution is 2.28. The first kappa shape index (κ1) is 31.0. The molecule has 1 aliphatic carbocycles. The van der Waals surface area contributed by atoms with Crippen molar-refractivity contribution >= 4 is 29.7 Å². The normalized spacial score (nSPS) is 16.1. The number of aryl methyl sites for hydroxylation is 2. The molecule has 1 saturated carbocycles. The number of carbonyl (C=O) groups is 3. The molecule has 0 bridgehead atoms. The van der Waals surface area contributed by atoms with Gasteiger partial charge in [-0.3, -0.25) is 9.59 Å². The lowest BCUT2D eigenvalue weighted by molar-refractivity contribution is -0.145. The summed E-state index contributed by atoms with van der Waals surface area (Å²) in [4.78, 5) is 42.3. The molecular formula is C29H47N3O4S. The van der Waals surface area contributed by atoms with Gasteiger partial charge in [0.15, 0.2) is 0 Å². The van der Waals surface area contributed by atoms with Crippen molar-refractivity contribution in [1.82, 2.24) is 15.5 Å². The number of rotatable bonds is 10. The predicted octanol–water partition coefficient (Wildman–Crippen LogP) is 5.68. The van der Waals surface area contributed by atoms with E-state index in [-0.39, 0.29) is 23.9 Å². The summed E-state index contributed by atoms with van der Waals surface area (Å²) in [5.41, 5.74) is 2.29. The van der Waals surface area contributed by atoms with Crippen LogP contribution in [0.5, 0.6) is 0 Å². The van der Waals surface area contributed by atoms with E-state index in [1.54, 1.807) is 37.4 Å². The number of carbonyl (C=O) groups excluding carboxylic acids is 3. The SMILES string of the molecule is CSCCC(NC(=O)OC(C)(C)C)C(=O)N(C(C)C)C(C(=O)NC1CCCCC1)c1ccc(C)c(C)c1. The van der Waals surface area contributed by atoms with E-state index in [0.717, 1.165) is 42.4 Å². The maximum Gasteiger partial charge on any atom is 0.408 e. The Morgan fingerprint density at radius 3 is 2.27 bits per heavy atom. The van der Waals surface area contributed by atoms with Crippen molar-refractivity contribution < 1.29 is 19.1 Å². The fourth-order valence-electron chi connectivity index (χ4n) is 4.70. The number of amides is 3. The zero-order valence-electron chi connectivity index (χ0n) is 24.0. The van der Waals surface area contributed by atoms with Crippen LogP contribution in [-0.2, 0) is 14.3 Å². The van der Waals surface area contributed by atoms with Crippen LogP contribution in [-0.4, -0.2) is 58.5 Å². The smallest absolute Gasteiger partial charge is 0.408 e. The molecule has 1 aromatic carbocycles. The molecule has 7 nitrogen and oxygen atoms in total. The standard InChI is InChI=1S/C29H47N3O4S/c1-19(2)32(27(34)24(16-17-37-8)31-28(35)36-29(5,6)7)25(22-15-14-20(3)21(4)18-22)26(33)30-23-12-10-9-11-13-23/h14-15,18-19,23-25H,9-13,16-17H2,1-8H3,(H,30,33)(H,31,35). The molecule has 0 spiro atoms. The van der Waals surface area contributed by atoms with E-state index in [1.165, 1.54) is 6.42 Å². The highest BCUT2D eigenvalue weighted by Gasteiger charge is 2.38. The number of hydrogen-bond acceptors (Lipinski definition) is 5. The van der Waals surface area contributed by atoms with Crippen LogP contribution in [0, 0.1) is 13.8 Å². The largest absolute Gasteiger partial charge is 0.444 e. The molecule has 1 aromatic rings. The molecule has 0 saturated heterocycles. The van der Waals surface area contributed by atoms with Crippen LogP contribution in [0.1, 0.15) is 95.9 Å². The van der Waals surface area contributed by atoms with Gasteiger partial charge in [0.25, 0.3) is 0 Å². The lowest BCUT2D eigenvalue weighted by Crippen LogP contribution is -2.56. The quantitative estimate of drug-likeness (QED) is 0.404. The second kappa shape index (κ2) is 14.1. The molecule has 8 heteroatoms. The van der Waals surface area contributed by atoms with E-state index in [1.807, 2.05) is 52.1 Å². The Morgan fingerprint density at radius 2 is 1.73 bits per heavy atom. The van der Waals surface area contributed by atoms with Crippen LogP contribution in [0.4, 0.5) is 4.79 Å². The molecule has 0 aromatic heterocycles. The average molecular weight is 534 g/mol. The zero-order chi connectivity index (χ0) is 27.8. The van der Waals surface area contributed by atoms with Gasteiger partial charge < -0.3 is 20.3 Å². The van der Waals surface area contributed by atoms with Gasteiger partial charge in [0.05, 0.1) is 0 Å². The first-order chi connectivity index (χ1) is 17.3. The van der Waals surface area contributed by atoms with Gasteiger partial charge >= 0.3 is 6.09 Å². The van der Waals surface area contributed by atoms with Gasteiger partial charge in [-0.25, -0.2) is 4.79 Å². The molecule has 0 heterocycles. The third kappa shape index (κ3) is 9.55. The molecule has 0 radical (unpaired) electrons. The third-order valence-electron chi connectivity index (χ3n) is 6.74. The molecule has 1 fully saturated rings. The van der Waals surface area contributed by atoms with Gasteiger partial charge in [0.1, 0.15) is 17.7 Å². The molecule has 2 unspecified atom stereocenters. The van der Waals surface area contributed by atoms with Crippen molar-refractivity contribution in [3.8, 4) is 0 Å². The molecule has 2 rings (SSSR count). The summed E-state index contributed by atoms with van der Waals surface area (Å²) < 4.78 is 5.45. The molecular weight excluding hydrogens is 486 g/mol. The van der Waals surface area contributed by atoms with Crippen molar-refractivity contribution in [2.75, 3.05) is 12.0 Å². The summed E-state index contributed by atoms with van der Waals surface area (Å²) in [6.07, 6.45) is 7.07. The number of ether oxygens (including phenoxy) is 1. The van der Waals surface area contributed by atoms with E-state index in [2.05, 4.69) is 10.6 Å². The molecule has 3 amide bonds. The second-order valence-corrected chi connectivity index (χ2v) is 12.4. The van der Waals surface area contributed by atoms with Crippen molar-refractivity contribution in [2.45, 2.75) is 117 Å². The third-order valence-corrected chi connectivity index (χ3v) is 7.38. The minimum atomic E-state index is -0.804. The molecule has 1 aliphatic rings. The van der Waals surface area contributed by atoms with Gasteiger partial charge in [0.2, 0.25) is 11.8 Å². The monoisotopic (exact) mass is 533 g/mol. The first-order valence-corrected chi connectivity index (χ1v) is 14.9. The van der Waals surface area contributed by atoms with Crippen LogP contribution >= 0.6 is 11.8 Å². The Morgan fingerprint density at radius 1 is 1.08 bits per heavy atom. The lowest BCUT2D eigenvalue weighted by atomic mass is 9.93. The number of nitrogens with zero attached hydrogens (tertiary/aromatic N) is 1. The predicted molar refractivity (Wildman–Crippen MR) is 152 cm³/mol. The Bertz CT molecular complexity index is 922. The Labute approximate surface area is 227 Å². The molecule has 0 aliphatic heterocycles.